The third kappa shape index (κ3) is 2.82. The number of nitrogens with zero attached hydrogens (tertiary/aromatic N) is 4. The monoisotopic (exact) mass is 217 g/mol. The van der Waals surface area contributed by atoms with Gasteiger partial charge in [0.05, 0.1) is 11.9 Å². The minimum Gasteiger partial charge on any atom is -0.218 e. The van der Waals surface area contributed by atoms with Crippen molar-refractivity contribution in [3.8, 4) is 0 Å². The van der Waals surface area contributed by atoms with Gasteiger partial charge in [-0.15, -0.1) is 10.2 Å². The van der Waals surface area contributed by atoms with Crippen molar-refractivity contribution in [2.45, 2.75) is 0 Å². The normalized spacial score (nSPS) is 10.7. The molecule has 0 N–H and O–H groups in total. The van der Waals surface area contributed by atoms with Crippen LogP contribution in [0.2, 0.25) is 5.02 Å². The van der Waals surface area contributed by atoms with Gasteiger partial charge in [0.15, 0.2) is 0 Å². The van der Waals surface area contributed by atoms with E-state index in [1.807, 2.05) is 0 Å². The van der Waals surface area contributed by atoms with Crippen LogP contribution in [0.3, 0.4) is 0 Å². The fraction of sp³-hybridized carbons (Fsp3) is 0. The molecular formula is C10H6ClN4. The first-order chi connectivity index (χ1) is 7.34. The van der Waals surface area contributed by atoms with E-state index in [0.717, 1.165) is 0 Å². The number of hydrogen-bond donors (Lipinski definition) is 0. The Morgan fingerprint density at radius 2 is 1.93 bits per heavy atom. The molecule has 1 aromatic heterocycles. The second kappa shape index (κ2) is 4.61. The smallest absolute Gasteiger partial charge is 0.218 e. The summed E-state index contributed by atoms with van der Waals surface area (Å²) in [5.74, 6) is 0.285. The standard InChI is InChI=1S/C10H6ClN4/c11-8-2-4-9(5-3-8)14-15-10-12-6-1-7-13-10/h1-6H. The topological polar surface area (TPSA) is 50.5 Å². The van der Waals surface area contributed by atoms with Crippen LogP contribution >= 0.6 is 11.6 Å². The van der Waals surface area contributed by atoms with E-state index in [1.165, 1.54) is 0 Å². The van der Waals surface area contributed by atoms with Crippen LogP contribution in [0.25, 0.3) is 0 Å². The molecule has 1 radical (unpaired) electrons. The number of rotatable bonds is 2. The largest absolute Gasteiger partial charge is 0.269 e. The molecule has 0 bridgehead atoms. The molecule has 5 heteroatoms. The Morgan fingerprint density at radius 1 is 1.13 bits per heavy atom. The van der Waals surface area contributed by atoms with E-state index in [9.17, 15) is 0 Å². The average molecular weight is 218 g/mol. The van der Waals surface area contributed by atoms with Crippen molar-refractivity contribution in [1.29, 1.82) is 0 Å². The van der Waals surface area contributed by atoms with Crippen molar-refractivity contribution in [1.82, 2.24) is 9.97 Å². The molecule has 0 atom stereocenters. The third-order valence-corrected chi connectivity index (χ3v) is 1.84. The molecule has 2 aromatic rings. The summed E-state index contributed by atoms with van der Waals surface area (Å²) in [5, 5.41) is 8.44. The summed E-state index contributed by atoms with van der Waals surface area (Å²) in [6, 6.07) is 8.61. The van der Waals surface area contributed by atoms with Crippen molar-refractivity contribution in [2.75, 3.05) is 0 Å². The Balaban J connectivity index is 2.15. The highest BCUT2D eigenvalue weighted by atomic mass is 35.5. The van der Waals surface area contributed by atoms with E-state index in [1.54, 1.807) is 36.5 Å². The van der Waals surface area contributed by atoms with Gasteiger partial charge in [0.1, 0.15) is 0 Å². The summed E-state index contributed by atoms with van der Waals surface area (Å²) in [5.41, 5.74) is 0.701. The molecule has 4 nitrogen and oxygen atoms in total. The summed E-state index contributed by atoms with van der Waals surface area (Å²) < 4.78 is 0. The van der Waals surface area contributed by atoms with Gasteiger partial charge in [-0.2, -0.15) is 0 Å². The molecule has 1 heterocycles. The number of aromatic nitrogens is 2. The molecule has 0 fully saturated rings. The van der Waals surface area contributed by atoms with Crippen molar-refractivity contribution in [3.05, 3.63) is 47.7 Å². The van der Waals surface area contributed by atoms with Gasteiger partial charge < -0.3 is 0 Å². The molecule has 15 heavy (non-hydrogen) atoms. The van der Waals surface area contributed by atoms with E-state index in [-0.39, 0.29) is 5.95 Å². The predicted octanol–water partition coefficient (Wildman–Crippen LogP) is 3.35. The van der Waals surface area contributed by atoms with Crippen LogP contribution in [-0.2, 0) is 0 Å². The summed E-state index contributed by atoms with van der Waals surface area (Å²) in [6.45, 7) is 0. The predicted molar refractivity (Wildman–Crippen MR) is 56.5 cm³/mol. The van der Waals surface area contributed by atoms with Gasteiger partial charge >= 0.3 is 0 Å². The zero-order chi connectivity index (χ0) is 10.5. The van der Waals surface area contributed by atoms with Crippen molar-refractivity contribution >= 4 is 23.2 Å². The van der Waals surface area contributed by atoms with Gasteiger partial charge in [0.25, 0.3) is 5.95 Å². The summed E-state index contributed by atoms with van der Waals surface area (Å²) >= 11 is 5.73. The van der Waals surface area contributed by atoms with Crippen LogP contribution in [0.5, 0.6) is 0 Å². The molecule has 0 saturated heterocycles. The Morgan fingerprint density at radius 3 is 2.60 bits per heavy atom. The minimum atomic E-state index is 0.285. The summed E-state index contributed by atoms with van der Waals surface area (Å²) in [4.78, 5) is 7.67. The van der Waals surface area contributed by atoms with Gasteiger partial charge in [0, 0.05) is 11.2 Å². The maximum Gasteiger partial charge on any atom is 0.269 e. The first kappa shape index (κ1) is 9.73. The van der Waals surface area contributed by atoms with Crippen LogP contribution in [0.4, 0.5) is 11.6 Å². The lowest BCUT2D eigenvalue weighted by atomic mass is 10.3. The fourth-order valence-corrected chi connectivity index (χ4v) is 1.05. The Labute approximate surface area is 91.7 Å². The van der Waals surface area contributed by atoms with Gasteiger partial charge in [-0.1, -0.05) is 11.6 Å². The van der Waals surface area contributed by atoms with Crippen LogP contribution in [0, 0.1) is 6.20 Å². The van der Waals surface area contributed by atoms with Crippen LogP contribution in [-0.4, -0.2) is 9.97 Å². The average Bonchev–Trinajstić information content (AvgIpc) is 2.30. The summed E-state index contributed by atoms with van der Waals surface area (Å²) in [7, 11) is 0. The fourth-order valence-electron chi connectivity index (χ4n) is 0.920. The molecule has 0 aliphatic rings. The molecule has 0 saturated carbocycles. The zero-order valence-electron chi connectivity index (χ0n) is 7.63. The minimum absolute atomic E-state index is 0.285. The highest BCUT2D eigenvalue weighted by molar-refractivity contribution is 6.30. The van der Waals surface area contributed by atoms with E-state index in [4.69, 9.17) is 11.6 Å². The number of hydrogen-bond acceptors (Lipinski definition) is 4. The lowest BCUT2D eigenvalue weighted by Crippen LogP contribution is -1.75. The number of halogens is 1. The van der Waals surface area contributed by atoms with Crippen molar-refractivity contribution < 1.29 is 0 Å². The van der Waals surface area contributed by atoms with Gasteiger partial charge in [0.2, 0.25) is 0 Å². The van der Waals surface area contributed by atoms with Crippen molar-refractivity contribution in [2.24, 2.45) is 10.2 Å². The van der Waals surface area contributed by atoms with Crippen LogP contribution in [0.15, 0.2) is 46.8 Å². The first-order valence-electron chi connectivity index (χ1n) is 4.21. The van der Waals surface area contributed by atoms with Gasteiger partial charge in [-0.05, 0) is 30.3 Å². The van der Waals surface area contributed by atoms with E-state index >= 15 is 0 Å². The summed E-state index contributed by atoms with van der Waals surface area (Å²) in [6.07, 6.45) is 4.18. The molecule has 2 rings (SSSR count). The zero-order valence-corrected chi connectivity index (χ0v) is 8.39. The SMILES string of the molecule is Clc1ccc(N=Nc2n[c]ccn2)cc1. The van der Waals surface area contributed by atoms with E-state index in [0.29, 0.717) is 10.7 Å². The van der Waals surface area contributed by atoms with Crippen LogP contribution in [0.1, 0.15) is 0 Å². The quantitative estimate of drug-likeness (QED) is 0.725. The number of benzene rings is 1. The molecule has 1 aromatic carbocycles. The van der Waals surface area contributed by atoms with E-state index < -0.39 is 0 Å². The highest BCUT2D eigenvalue weighted by Crippen LogP contribution is 2.17. The molecule has 0 unspecified atom stereocenters. The first-order valence-corrected chi connectivity index (χ1v) is 4.59. The molecule has 0 spiro atoms. The Hall–Kier alpha value is -1.81. The molecule has 0 aliphatic carbocycles. The molecule has 73 valence electrons. The molecule has 0 aliphatic heterocycles. The lowest BCUT2D eigenvalue weighted by molar-refractivity contribution is 1.06. The Bertz CT molecular complexity index is 453. The highest BCUT2D eigenvalue weighted by Gasteiger charge is 1.91. The van der Waals surface area contributed by atoms with Gasteiger partial charge in [-0.3, -0.25) is 0 Å². The van der Waals surface area contributed by atoms with Gasteiger partial charge in [-0.25, -0.2) is 9.97 Å². The van der Waals surface area contributed by atoms with Crippen molar-refractivity contribution in [3.63, 3.8) is 0 Å². The Kier molecular flexibility index (Phi) is 2.99. The van der Waals surface area contributed by atoms with E-state index in [2.05, 4.69) is 26.4 Å². The second-order valence-electron chi connectivity index (χ2n) is 2.66. The maximum atomic E-state index is 5.73. The van der Waals surface area contributed by atoms with Crippen LogP contribution < -0.4 is 0 Å². The third-order valence-electron chi connectivity index (χ3n) is 1.59. The number of azo groups is 1. The molecule has 0 amide bonds. The second-order valence-corrected chi connectivity index (χ2v) is 3.10. The molecular weight excluding hydrogens is 212 g/mol. The maximum absolute atomic E-state index is 5.73. The lowest BCUT2D eigenvalue weighted by Gasteiger charge is -1.91.